The Morgan fingerprint density at radius 1 is 0.929 bits per heavy atom. The van der Waals surface area contributed by atoms with Crippen LogP contribution in [0.2, 0.25) is 0 Å². The van der Waals surface area contributed by atoms with Crippen molar-refractivity contribution < 1.29 is 13.2 Å². The van der Waals surface area contributed by atoms with Crippen LogP contribution < -0.4 is 9.62 Å². The number of benzene rings is 2. The van der Waals surface area contributed by atoms with E-state index in [-0.39, 0.29) is 11.4 Å². The van der Waals surface area contributed by atoms with Gasteiger partial charge in [-0.15, -0.1) is 11.3 Å². The molecule has 7 heteroatoms. The number of hydrogen-bond donors (Lipinski definition) is 1. The number of hydrogen-bond acceptors (Lipinski definition) is 5. The Labute approximate surface area is 168 Å². The van der Waals surface area contributed by atoms with Crippen LogP contribution in [0.15, 0.2) is 83.2 Å². The van der Waals surface area contributed by atoms with Crippen molar-refractivity contribution in [3.63, 3.8) is 0 Å². The van der Waals surface area contributed by atoms with E-state index in [1.165, 1.54) is 21.8 Å². The first-order valence-corrected chi connectivity index (χ1v) is 11.1. The van der Waals surface area contributed by atoms with Crippen LogP contribution in [0.5, 0.6) is 0 Å². The van der Waals surface area contributed by atoms with Crippen molar-refractivity contribution in [1.82, 2.24) is 5.32 Å². The standard InChI is InChI=1S/C21H18N2O3S2/c24-20-19(14-22-13-16-7-3-1-4-8-16)28(25,26)23(18-11-12-27-21(18)20)15-17-9-5-2-6-10-17/h1-12,14,22H,13,15H2/b19-14-. The molecule has 0 fully saturated rings. The van der Waals surface area contributed by atoms with Crippen LogP contribution in [0.25, 0.3) is 0 Å². The van der Waals surface area contributed by atoms with E-state index in [4.69, 9.17) is 0 Å². The van der Waals surface area contributed by atoms with Gasteiger partial charge in [0.2, 0.25) is 5.78 Å². The molecule has 142 valence electrons. The molecule has 0 spiro atoms. The SMILES string of the molecule is O=C1/C(=C/NCc2ccccc2)S(=O)(=O)N(Cc2ccccc2)c2ccsc21. The summed E-state index contributed by atoms with van der Waals surface area (Å²) in [7, 11) is -3.96. The van der Waals surface area contributed by atoms with Crippen molar-refractivity contribution in [2.75, 3.05) is 4.31 Å². The van der Waals surface area contributed by atoms with Crippen LogP contribution in [-0.2, 0) is 23.1 Å². The van der Waals surface area contributed by atoms with Gasteiger partial charge in [-0.05, 0) is 22.6 Å². The summed E-state index contributed by atoms with van der Waals surface area (Å²) in [6.45, 7) is 0.610. The van der Waals surface area contributed by atoms with E-state index < -0.39 is 15.8 Å². The highest BCUT2D eigenvalue weighted by atomic mass is 32.2. The van der Waals surface area contributed by atoms with E-state index in [9.17, 15) is 13.2 Å². The number of rotatable bonds is 5. The number of thiophene rings is 1. The summed E-state index contributed by atoms with van der Waals surface area (Å²) in [5, 5.41) is 4.73. The molecule has 2 aromatic carbocycles. The smallest absolute Gasteiger partial charge is 0.270 e. The van der Waals surface area contributed by atoms with E-state index in [2.05, 4.69) is 5.32 Å². The average molecular weight is 411 g/mol. The Morgan fingerprint density at radius 2 is 1.57 bits per heavy atom. The van der Waals surface area contributed by atoms with Gasteiger partial charge in [0, 0.05) is 12.7 Å². The highest BCUT2D eigenvalue weighted by molar-refractivity contribution is 7.97. The molecule has 3 aromatic rings. The van der Waals surface area contributed by atoms with Gasteiger partial charge in [0.1, 0.15) is 4.88 Å². The van der Waals surface area contributed by atoms with Crippen molar-refractivity contribution in [2.24, 2.45) is 0 Å². The number of nitrogens with one attached hydrogen (secondary N) is 1. The number of sulfonamides is 1. The lowest BCUT2D eigenvalue weighted by Crippen LogP contribution is -2.38. The fourth-order valence-corrected chi connectivity index (χ4v) is 5.57. The molecule has 0 amide bonds. The lowest BCUT2D eigenvalue weighted by atomic mass is 10.2. The molecule has 1 aliphatic heterocycles. The summed E-state index contributed by atoms with van der Waals surface area (Å²) in [6, 6.07) is 20.6. The van der Waals surface area contributed by atoms with E-state index in [0.717, 1.165) is 11.1 Å². The van der Waals surface area contributed by atoms with Gasteiger partial charge in [0.15, 0.2) is 4.91 Å². The van der Waals surface area contributed by atoms with Crippen LogP contribution in [0.3, 0.4) is 0 Å². The van der Waals surface area contributed by atoms with Gasteiger partial charge in [0.25, 0.3) is 10.0 Å². The van der Waals surface area contributed by atoms with Crippen molar-refractivity contribution in [3.05, 3.63) is 99.2 Å². The normalized spacial score (nSPS) is 16.8. The second-order valence-corrected chi connectivity index (χ2v) is 9.08. The molecule has 1 N–H and O–H groups in total. The van der Waals surface area contributed by atoms with Gasteiger partial charge in [-0.3, -0.25) is 9.10 Å². The Kier molecular flexibility index (Phi) is 5.02. The summed E-state index contributed by atoms with van der Waals surface area (Å²) in [5.41, 5.74) is 2.30. The fraction of sp³-hybridized carbons (Fsp3) is 0.0952. The molecule has 0 saturated heterocycles. The molecule has 0 saturated carbocycles. The number of fused-ring (bicyclic) bond motifs is 1. The molecule has 0 atom stereocenters. The molecule has 0 unspecified atom stereocenters. The minimum Gasteiger partial charge on any atom is -0.386 e. The van der Waals surface area contributed by atoms with Gasteiger partial charge in [-0.25, -0.2) is 8.42 Å². The predicted molar refractivity (Wildman–Crippen MR) is 112 cm³/mol. The van der Waals surface area contributed by atoms with E-state index in [0.29, 0.717) is 17.1 Å². The monoisotopic (exact) mass is 410 g/mol. The first-order chi connectivity index (χ1) is 13.6. The zero-order valence-corrected chi connectivity index (χ0v) is 16.5. The van der Waals surface area contributed by atoms with Gasteiger partial charge >= 0.3 is 0 Å². The zero-order valence-electron chi connectivity index (χ0n) is 14.9. The van der Waals surface area contributed by atoms with Crippen LogP contribution in [-0.4, -0.2) is 14.2 Å². The Morgan fingerprint density at radius 3 is 2.25 bits per heavy atom. The van der Waals surface area contributed by atoms with Gasteiger partial charge in [0.05, 0.1) is 12.2 Å². The second kappa shape index (κ2) is 7.61. The second-order valence-electron chi connectivity index (χ2n) is 6.34. The average Bonchev–Trinajstić information content (AvgIpc) is 3.19. The maximum atomic E-state index is 13.2. The number of nitrogens with zero attached hydrogens (tertiary/aromatic N) is 1. The Bertz CT molecular complexity index is 1120. The molecular formula is C21H18N2O3S2. The quantitative estimate of drug-likeness (QED) is 0.648. The zero-order chi connectivity index (χ0) is 19.6. The topological polar surface area (TPSA) is 66.5 Å². The molecular weight excluding hydrogens is 392 g/mol. The largest absolute Gasteiger partial charge is 0.386 e. The lowest BCUT2D eigenvalue weighted by molar-refractivity contribution is 0.104. The summed E-state index contributed by atoms with van der Waals surface area (Å²) in [4.78, 5) is 13.0. The summed E-state index contributed by atoms with van der Waals surface area (Å²) >= 11 is 1.26. The molecule has 28 heavy (non-hydrogen) atoms. The minimum atomic E-state index is -3.96. The summed E-state index contributed by atoms with van der Waals surface area (Å²) < 4.78 is 27.8. The van der Waals surface area contributed by atoms with E-state index >= 15 is 0 Å². The highest BCUT2D eigenvalue weighted by Gasteiger charge is 2.41. The molecule has 1 aliphatic rings. The molecule has 0 aliphatic carbocycles. The van der Waals surface area contributed by atoms with E-state index in [1.54, 1.807) is 11.4 Å². The Balaban J connectivity index is 1.67. The van der Waals surface area contributed by atoms with Crippen LogP contribution in [0.4, 0.5) is 5.69 Å². The van der Waals surface area contributed by atoms with Crippen molar-refractivity contribution in [3.8, 4) is 0 Å². The van der Waals surface area contributed by atoms with Gasteiger partial charge in [-0.2, -0.15) is 0 Å². The van der Waals surface area contributed by atoms with Crippen LogP contribution in [0.1, 0.15) is 20.8 Å². The number of carbonyl (C=O) groups is 1. The summed E-state index contributed by atoms with van der Waals surface area (Å²) in [6.07, 6.45) is 1.32. The predicted octanol–water partition coefficient (Wildman–Crippen LogP) is 3.91. The van der Waals surface area contributed by atoms with Crippen LogP contribution in [0, 0.1) is 0 Å². The number of ketones is 1. The first kappa shape index (κ1) is 18.5. The van der Waals surface area contributed by atoms with Gasteiger partial charge in [-0.1, -0.05) is 60.7 Å². The minimum absolute atomic E-state index is 0.177. The van der Waals surface area contributed by atoms with E-state index in [1.807, 2.05) is 60.7 Å². The third-order valence-corrected chi connectivity index (χ3v) is 7.13. The molecule has 0 bridgehead atoms. The molecule has 2 heterocycles. The highest BCUT2D eigenvalue weighted by Crippen LogP contribution is 2.39. The molecule has 5 nitrogen and oxygen atoms in total. The molecule has 1 aromatic heterocycles. The van der Waals surface area contributed by atoms with Gasteiger partial charge < -0.3 is 5.32 Å². The van der Waals surface area contributed by atoms with Crippen molar-refractivity contribution in [2.45, 2.75) is 13.1 Å². The number of allylic oxidation sites excluding steroid dienone is 1. The maximum Gasteiger partial charge on any atom is 0.270 e. The third kappa shape index (κ3) is 3.46. The summed E-state index contributed by atoms with van der Waals surface area (Å²) in [5.74, 6) is -0.463. The maximum absolute atomic E-state index is 13.2. The van der Waals surface area contributed by atoms with Crippen molar-refractivity contribution >= 4 is 32.8 Å². The number of anilines is 1. The van der Waals surface area contributed by atoms with Crippen LogP contribution >= 0.6 is 11.3 Å². The van der Waals surface area contributed by atoms with Crippen molar-refractivity contribution in [1.29, 1.82) is 0 Å². The number of Topliss-reactive ketones (excluding diaryl/α,β-unsaturated/α-hetero) is 1. The lowest BCUT2D eigenvalue weighted by Gasteiger charge is -2.29. The molecule has 4 rings (SSSR count). The molecule has 0 radical (unpaired) electrons. The first-order valence-electron chi connectivity index (χ1n) is 8.74. The fourth-order valence-electron chi connectivity index (χ4n) is 3.06. The Hall–Kier alpha value is -2.90. The third-order valence-electron chi connectivity index (χ3n) is 4.46. The number of carbonyl (C=O) groups excluding carboxylic acids is 1.